The molecule has 0 radical (unpaired) electrons. The van der Waals surface area contributed by atoms with E-state index in [1.165, 1.54) is 12.8 Å². The van der Waals surface area contributed by atoms with Crippen LogP contribution in [0.2, 0.25) is 0 Å². The highest BCUT2D eigenvalue weighted by atomic mass is 16.7. The van der Waals surface area contributed by atoms with Crippen LogP contribution in [0.4, 0.5) is 0 Å². The van der Waals surface area contributed by atoms with Crippen LogP contribution in [0.1, 0.15) is 51.4 Å². The molecule has 0 unspecified atom stereocenters. The van der Waals surface area contributed by atoms with Crippen molar-refractivity contribution in [3.63, 3.8) is 0 Å². The van der Waals surface area contributed by atoms with Crippen LogP contribution in [0, 0.1) is 11.8 Å². The molecule has 0 aromatic heterocycles. The predicted molar refractivity (Wildman–Crippen MR) is 76.1 cm³/mol. The zero-order chi connectivity index (χ0) is 13.9. The van der Waals surface area contributed by atoms with Crippen LogP contribution in [0.25, 0.3) is 0 Å². The Morgan fingerprint density at radius 1 is 0.850 bits per heavy atom. The Balaban J connectivity index is 1.41. The third-order valence-electron chi connectivity index (χ3n) is 3.49. The zero-order valence-electron chi connectivity index (χ0n) is 12.3. The van der Waals surface area contributed by atoms with Gasteiger partial charge in [-0.25, -0.2) is 0 Å². The fourth-order valence-electron chi connectivity index (χ4n) is 2.33. The van der Waals surface area contributed by atoms with Gasteiger partial charge in [-0.15, -0.1) is 5.92 Å². The lowest BCUT2D eigenvalue weighted by Gasteiger charge is -2.22. The number of hydrogen-bond acceptors (Lipinski definition) is 4. The van der Waals surface area contributed by atoms with Crippen molar-refractivity contribution < 1.29 is 18.9 Å². The van der Waals surface area contributed by atoms with Crippen molar-refractivity contribution in [2.75, 3.05) is 26.4 Å². The van der Waals surface area contributed by atoms with Crippen molar-refractivity contribution >= 4 is 0 Å². The lowest BCUT2D eigenvalue weighted by atomic mass is 10.2. The summed E-state index contributed by atoms with van der Waals surface area (Å²) in [7, 11) is 0. The van der Waals surface area contributed by atoms with Crippen molar-refractivity contribution in [3.05, 3.63) is 0 Å². The second kappa shape index (κ2) is 10.2. The molecule has 0 aromatic rings. The van der Waals surface area contributed by atoms with E-state index in [4.69, 9.17) is 18.9 Å². The van der Waals surface area contributed by atoms with Crippen molar-refractivity contribution in [1.82, 2.24) is 0 Å². The summed E-state index contributed by atoms with van der Waals surface area (Å²) >= 11 is 0. The average molecular weight is 282 g/mol. The Morgan fingerprint density at radius 3 is 2.20 bits per heavy atom. The monoisotopic (exact) mass is 282 g/mol. The largest absolute Gasteiger partial charge is 0.353 e. The summed E-state index contributed by atoms with van der Waals surface area (Å²) in [4.78, 5) is 0. The molecule has 2 atom stereocenters. The maximum absolute atomic E-state index is 5.64. The highest BCUT2D eigenvalue weighted by molar-refractivity contribution is 4.98. The number of hydrogen-bond donors (Lipinski definition) is 0. The molecule has 0 amide bonds. The first-order valence-electron chi connectivity index (χ1n) is 7.87. The van der Waals surface area contributed by atoms with Gasteiger partial charge in [-0.05, 0) is 44.9 Å². The van der Waals surface area contributed by atoms with Gasteiger partial charge < -0.3 is 18.9 Å². The Morgan fingerprint density at radius 2 is 1.55 bits per heavy atom. The molecule has 0 spiro atoms. The molecule has 2 aliphatic rings. The van der Waals surface area contributed by atoms with Gasteiger partial charge in [-0.3, -0.25) is 0 Å². The first-order valence-corrected chi connectivity index (χ1v) is 7.87. The van der Waals surface area contributed by atoms with Crippen LogP contribution in [0.5, 0.6) is 0 Å². The minimum Gasteiger partial charge on any atom is -0.353 e. The summed E-state index contributed by atoms with van der Waals surface area (Å²) in [6.45, 7) is 2.85. The third-order valence-corrected chi connectivity index (χ3v) is 3.49. The summed E-state index contributed by atoms with van der Waals surface area (Å²) in [5.41, 5.74) is 0. The first-order chi connectivity index (χ1) is 9.95. The molecular weight excluding hydrogens is 256 g/mol. The summed E-state index contributed by atoms with van der Waals surface area (Å²) < 4.78 is 22.1. The summed E-state index contributed by atoms with van der Waals surface area (Å²) in [5, 5.41) is 0. The fraction of sp³-hybridized carbons (Fsp3) is 0.875. The van der Waals surface area contributed by atoms with E-state index in [0.29, 0.717) is 6.61 Å². The molecule has 0 aromatic carbocycles. The maximum Gasteiger partial charge on any atom is 0.158 e. The van der Waals surface area contributed by atoms with Crippen LogP contribution in [0.15, 0.2) is 0 Å². The Bertz CT molecular complexity index is 295. The van der Waals surface area contributed by atoms with E-state index in [1.807, 2.05) is 0 Å². The van der Waals surface area contributed by atoms with Crippen LogP contribution < -0.4 is 0 Å². The Hall–Kier alpha value is -0.600. The topological polar surface area (TPSA) is 36.9 Å². The van der Waals surface area contributed by atoms with Gasteiger partial charge >= 0.3 is 0 Å². The third kappa shape index (κ3) is 6.71. The Labute approximate surface area is 122 Å². The predicted octanol–water partition coefficient (Wildman–Crippen LogP) is 2.86. The maximum atomic E-state index is 5.64. The molecule has 2 rings (SSSR count). The molecular formula is C16H26O4. The average Bonchev–Trinajstić information content (AvgIpc) is 2.52. The van der Waals surface area contributed by atoms with Gasteiger partial charge in [0.05, 0.1) is 6.61 Å². The molecule has 0 N–H and O–H groups in total. The second-order valence-corrected chi connectivity index (χ2v) is 5.23. The van der Waals surface area contributed by atoms with Crippen LogP contribution in [-0.2, 0) is 18.9 Å². The normalized spacial score (nSPS) is 26.8. The van der Waals surface area contributed by atoms with E-state index in [0.717, 1.165) is 58.3 Å². The van der Waals surface area contributed by atoms with Gasteiger partial charge in [0.15, 0.2) is 12.6 Å². The van der Waals surface area contributed by atoms with Crippen LogP contribution in [-0.4, -0.2) is 39.0 Å². The highest BCUT2D eigenvalue weighted by Crippen LogP contribution is 2.14. The molecule has 4 nitrogen and oxygen atoms in total. The second-order valence-electron chi connectivity index (χ2n) is 5.23. The number of rotatable bonds is 6. The van der Waals surface area contributed by atoms with Gasteiger partial charge in [0, 0.05) is 19.6 Å². The van der Waals surface area contributed by atoms with Crippen LogP contribution in [0.3, 0.4) is 0 Å². The molecule has 114 valence electrons. The Kier molecular flexibility index (Phi) is 8.03. The lowest BCUT2D eigenvalue weighted by molar-refractivity contribution is -0.162. The zero-order valence-corrected chi connectivity index (χ0v) is 12.3. The molecule has 0 saturated carbocycles. The molecule has 2 saturated heterocycles. The summed E-state index contributed by atoms with van der Waals surface area (Å²) in [6, 6.07) is 0. The molecule has 2 aliphatic heterocycles. The molecule has 0 bridgehead atoms. The lowest BCUT2D eigenvalue weighted by Crippen LogP contribution is -2.22. The SMILES string of the molecule is C(#CCO[C@H]1CCCCO1)CCCO[C@H]1CCCCO1. The number of ether oxygens (including phenoxy) is 4. The molecule has 2 fully saturated rings. The van der Waals surface area contributed by atoms with E-state index >= 15 is 0 Å². The van der Waals surface area contributed by atoms with Gasteiger partial charge in [-0.1, -0.05) is 5.92 Å². The minimum absolute atomic E-state index is 0.0171. The van der Waals surface area contributed by atoms with Gasteiger partial charge in [0.25, 0.3) is 0 Å². The van der Waals surface area contributed by atoms with E-state index < -0.39 is 0 Å². The molecule has 2 heterocycles. The highest BCUT2D eigenvalue weighted by Gasteiger charge is 2.13. The van der Waals surface area contributed by atoms with E-state index in [1.54, 1.807) is 0 Å². The number of unbranched alkanes of at least 4 members (excludes halogenated alkanes) is 1. The van der Waals surface area contributed by atoms with Crippen molar-refractivity contribution in [3.8, 4) is 11.8 Å². The van der Waals surface area contributed by atoms with Crippen molar-refractivity contribution in [1.29, 1.82) is 0 Å². The first kappa shape index (κ1) is 15.8. The standard InChI is InChI=1S/C16H26O4/c1(5-11-17-15-9-3-7-13-19-15)2-6-12-18-16-10-4-8-14-20-16/h15-16H,1,3-5,7-14H2/t15-,16-/m1/s1. The van der Waals surface area contributed by atoms with Gasteiger partial charge in [-0.2, -0.15) is 0 Å². The van der Waals surface area contributed by atoms with E-state index in [-0.39, 0.29) is 12.6 Å². The fourth-order valence-corrected chi connectivity index (χ4v) is 2.33. The quantitative estimate of drug-likeness (QED) is 0.554. The van der Waals surface area contributed by atoms with Gasteiger partial charge in [0.1, 0.15) is 6.61 Å². The van der Waals surface area contributed by atoms with E-state index in [9.17, 15) is 0 Å². The van der Waals surface area contributed by atoms with Crippen LogP contribution >= 0.6 is 0 Å². The summed E-state index contributed by atoms with van der Waals surface area (Å²) in [5.74, 6) is 6.14. The molecule has 20 heavy (non-hydrogen) atoms. The van der Waals surface area contributed by atoms with E-state index in [2.05, 4.69) is 11.8 Å². The molecule has 4 heteroatoms. The minimum atomic E-state index is -0.0372. The van der Waals surface area contributed by atoms with Crippen molar-refractivity contribution in [2.45, 2.75) is 63.9 Å². The van der Waals surface area contributed by atoms with Gasteiger partial charge in [0.2, 0.25) is 0 Å². The molecule has 0 aliphatic carbocycles. The summed E-state index contributed by atoms with van der Waals surface area (Å²) in [6.07, 6.45) is 8.52. The smallest absolute Gasteiger partial charge is 0.158 e. The van der Waals surface area contributed by atoms with Crippen molar-refractivity contribution in [2.24, 2.45) is 0 Å².